The van der Waals surface area contributed by atoms with Gasteiger partial charge in [0, 0.05) is 18.1 Å². The van der Waals surface area contributed by atoms with Crippen LogP contribution in [0.15, 0.2) is 0 Å². The lowest BCUT2D eigenvalue weighted by molar-refractivity contribution is 0.0991. The summed E-state index contributed by atoms with van der Waals surface area (Å²) in [4.78, 5) is 6.72. The molecule has 0 radical (unpaired) electrons. The van der Waals surface area contributed by atoms with E-state index in [2.05, 4.69) is 14.3 Å². The summed E-state index contributed by atoms with van der Waals surface area (Å²) in [7, 11) is 0. The predicted molar refractivity (Wildman–Crippen MR) is 50.1 cm³/mol. The Hall–Kier alpha value is -0.680. The molecule has 2 bridgehead atoms. The van der Waals surface area contributed by atoms with Gasteiger partial charge in [-0.15, -0.1) is 0 Å². The van der Waals surface area contributed by atoms with Crippen molar-refractivity contribution in [3.05, 3.63) is 5.82 Å². The van der Waals surface area contributed by atoms with Gasteiger partial charge < -0.3 is 9.64 Å². The van der Waals surface area contributed by atoms with Crippen molar-refractivity contribution in [3.8, 4) is 0 Å². The van der Waals surface area contributed by atoms with Crippen molar-refractivity contribution in [2.45, 2.75) is 25.5 Å². The quantitative estimate of drug-likeness (QED) is 0.668. The number of rotatable bonds is 1. The summed E-state index contributed by atoms with van der Waals surface area (Å²) in [5.74, 6) is 0.878. The molecule has 5 heteroatoms. The summed E-state index contributed by atoms with van der Waals surface area (Å²) in [5.41, 5.74) is 0. The normalized spacial score (nSPS) is 31.6. The molecule has 2 unspecified atom stereocenters. The van der Waals surface area contributed by atoms with Gasteiger partial charge in [-0.2, -0.15) is 4.37 Å². The third-order valence-electron chi connectivity index (χ3n) is 2.66. The van der Waals surface area contributed by atoms with E-state index in [-0.39, 0.29) is 0 Å². The number of hydrogen-bond acceptors (Lipinski definition) is 5. The van der Waals surface area contributed by atoms with E-state index in [0.717, 1.165) is 24.1 Å². The molecule has 13 heavy (non-hydrogen) atoms. The number of hydrogen-bond donors (Lipinski definition) is 0. The van der Waals surface area contributed by atoms with Crippen LogP contribution < -0.4 is 4.90 Å². The first kappa shape index (κ1) is 7.70. The largest absolute Gasteiger partial charge is 0.374 e. The molecule has 0 N–H and O–H groups in total. The lowest BCUT2D eigenvalue weighted by Crippen LogP contribution is -2.36. The molecule has 0 saturated carbocycles. The minimum atomic E-state index is 0.439. The van der Waals surface area contributed by atoms with Gasteiger partial charge >= 0.3 is 0 Å². The highest BCUT2D eigenvalue weighted by Crippen LogP contribution is 2.32. The van der Waals surface area contributed by atoms with Crippen LogP contribution in [0.1, 0.15) is 12.2 Å². The first-order chi connectivity index (χ1) is 6.33. The maximum atomic E-state index is 5.53. The molecule has 1 aromatic heterocycles. The van der Waals surface area contributed by atoms with Gasteiger partial charge in [-0.25, -0.2) is 4.98 Å². The molecule has 4 nitrogen and oxygen atoms in total. The maximum absolute atomic E-state index is 5.53. The number of anilines is 1. The Bertz CT molecular complexity index is 327. The van der Waals surface area contributed by atoms with E-state index in [1.54, 1.807) is 0 Å². The molecule has 2 fully saturated rings. The fourth-order valence-corrected chi connectivity index (χ4v) is 2.79. The van der Waals surface area contributed by atoms with Crippen LogP contribution in [0.25, 0.3) is 0 Å². The smallest absolute Gasteiger partial charge is 0.205 e. The fourth-order valence-electron chi connectivity index (χ4n) is 2.04. The second kappa shape index (κ2) is 2.65. The van der Waals surface area contributed by atoms with Crippen LogP contribution in [0.2, 0.25) is 0 Å². The summed E-state index contributed by atoms with van der Waals surface area (Å²) < 4.78 is 9.72. The van der Waals surface area contributed by atoms with E-state index in [1.165, 1.54) is 18.0 Å². The van der Waals surface area contributed by atoms with Gasteiger partial charge in [-0.1, -0.05) is 0 Å². The van der Waals surface area contributed by atoms with E-state index < -0.39 is 0 Å². The van der Waals surface area contributed by atoms with Crippen LogP contribution in [-0.2, 0) is 4.74 Å². The molecule has 2 saturated heterocycles. The zero-order chi connectivity index (χ0) is 8.84. The van der Waals surface area contributed by atoms with Crippen molar-refractivity contribution in [1.29, 1.82) is 0 Å². The SMILES string of the molecule is Cc1nsc(N2CC3CC2CO3)n1. The average molecular weight is 197 g/mol. The van der Waals surface area contributed by atoms with Crippen LogP contribution in [0.3, 0.4) is 0 Å². The molecular formula is C8H11N3OS. The molecule has 0 aromatic carbocycles. The Morgan fingerprint density at radius 1 is 1.62 bits per heavy atom. The Morgan fingerprint density at radius 3 is 3.08 bits per heavy atom. The molecule has 3 heterocycles. The molecular weight excluding hydrogens is 186 g/mol. The molecule has 0 amide bonds. The van der Waals surface area contributed by atoms with Crippen LogP contribution in [0.5, 0.6) is 0 Å². The molecule has 2 aliphatic rings. The van der Waals surface area contributed by atoms with E-state index in [4.69, 9.17) is 4.74 Å². The highest BCUT2D eigenvalue weighted by Gasteiger charge is 2.40. The Kier molecular flexibility index (Phi) is 1.57. The van der Waals surface area contributed by atoms with Crippen molar-refractivity contribution < 1.29 is 4.74 Å². The van der Waals surface area contributed by atoms with E-state index in [1.807, 2.05) is 6.92 Å². The number of morpholine rings is 1. The molecule has 0 spiro atoms. The van der Waals surface area contributed by atoms with Crippen molar-refractivity contribution in [3.63, 3.8) is 0 Å². The highest BCUT2D eigenvalue weighted by molar-refractivity contribution is 7.09. The number of aryl methyl sites for hydroxylation is 1. The van der Waals surface area contributed by atoms with Gasteiger partial charge in [-0.3, -0.25) is 0 Å². The minimum Gasteiger partial charge on any atom is -0.374 e. The molecule has 2 aliphatic heterocycles. The number of nitrogens with zero attached hydrogens (tertiary/aromatic N) is 3. The summed E-state index contributed by atoms with van der Waals surface area (Å²) in [6, 6.07) is 0.553. The van der Waals surface area contributed by atoms with Crippen molar-refractivity contribution >= 4 is 16.7 Å². The number of ether oxygens (including phenoxy) is 1. The lowest BCUT2D eigenvalue weighted by Gasteiger charge is -2.25. The van der Waals surface area contributed by atoms with E-state index in [9.17, 15) is 0 Å². The second-order valence-electron chi connectivity index (χ2n) is 3.62. The van der Waals surface area contributed by atoms with Crippen LogP contribution >= 0.6 is 11.5 Å². The predicted octanol–water partition coefficient (Wildman–Crippen LogP) is 0.824. The third kappa shape index (κ3) is 1.14. The standard InChI is InChI=1S/C8H11N3OS/c1-5-9-8(13-10-5)11-3-7-2-6(11)4-12-7/h6-7H,2-4H2,1H3. The number of aromatic nitrogens is 2. The minimum absolute atomic E-state index is 0.439. The molecule has 70 valence electrons. The average Bonchev–Trinajstić information content (AvgIpc) is 2.77. The van der Waals surface area contributed by atoms with E-state index in [0.29, 0.717) is 12.1 Å². The van der Waals surface area contributed by atoms with Gasteiger partial charge in [0.25, 0.3) is 0 Å². The summed E-state index contributed by atoms with van der Waals surface area (Å²) >= 11 is 1.50. The second-order valence-corrected chi connectivity index (χ2v) is 4.35. The van der Waals surface area contributed by atoms with Gasteiger partial charge in [-0.05, 0) is 13.3 Å². The van der Waals surface area contributed by atoms with Crippen LogP contribution in [0.4, 0.5) is 5.13 Å². The molecule has 3 rings (SSSR count). The molecule has 2 atom stereocenters. The molecule has 1 aromatic rings. The van der Waals surface area contributed by atoms with Gasteiger partial charge in [0.05, 0.1) is 18.8 Å². The zero-order valence-electron chi connectivity index (χ0n) is 7.43. The Morgan fingerprint density at radius 2 is 2.54 bits per heavy atom. The zero-order valence-corrected chi connectivity index (χ0v) is 8.25. The first-order valence-electron chi connectivity index (χ1n) is 4.51. The topological polar surface area (TPSA) is 38.2 Å². The summed E-state index contributed by atoms with van der Waals surface area (Å²) in [5, 5.41) is 1.06. The Balaban J connectivity index is 1.87. The fraction of sp³-hybridized carbons (Fsp3) is 0.750. The lowest BCUT2D eigenvalue weighted by atomic mass is 10.2. The number of fused-ring (bicyclic) bond motifs is 2. The maximum Gasteiger partial charge on any atom is 0.205 e. The molecule has 0 aliphatic carbocycles. The van der Waals surface area contributed by atoms with Gasteiger partial charge in [0.15, 0.2) is 0 Å². The van der Waals surface area contributed by atoms with E-state index >= 15 is 0 Å². The third-order valence-corrected chi connectivity index (χ3v) is 3.51. The van der Waals surface area contributed by atoms with Gasteiger partial charge in [0.1, 0.15) is 5.82 Å². The van der Waals surface area contributed by atoms with Crippen molar-refractivity contribution in [1.82, 2.24) is 9.36 Å². The highest BCUT2D eigenvalue weighted by atomic mass is 32.1. The van der Waals surface area contributed by atoms with Crippen molar-refractivity contribution in [2.24, 2.45) is 0 Å². The monoisotopic (exact) mass is 197 g/mol. The van der Waals surface area contributed by atoms with Crippen LogP contribution in [0, 0.1) is 6.92 Å². The summed E-state index contributed by atoms with van der Waals surface area (Å²) in [6.07, 6.45) is 1.60. The summed E-state index contributed by atoms with van der Waals surface area (Å²) in [6.45, 7) is 3.80. The van der Waals surface area contributed by atoms with Crippen molar-refractivity contribution in [2.75, 3.05) is 18.1 Å². The van der Waals surface area contributed by atoms with Gasteiger partial charge in [0.2, 0.25) is 5.13 Å². The van der Waals surface area contributed by atoms with Crippen LogP contribution in [-0.4, -0.2) is 34.7 Å². The first-order valence-corrected chi connectivity index (χ1v) is 5.29. The Labute approximate surface area is 80.7 Å².